The number of para-hydroxylation sites is 1. The lowest BCUT2D eigenvalue weighted by Crippen LogP contribution is -2.49. The number of piperazine rings is 1. The van der Waals surface area contributed by atoms with Crippen molar-refractivity contribution in [3.05, 3.63) is 29.6 Å². The molecule has 1 aromatic rings. The van der Waals surface area contributed by atoms with Crippen molar-refractivity contribution in [1.82, 2.24) is 10.2 Å². The van der Waals surface area contributed by atoms with Gasteiger partial charge in [-0.25, -0.2) is 4.39 Å². The Labute approximate surface area is 125 Å². The number of amides is 1. The molecule has 1 amide bonds. The highest BCUT2D eigenvalue weighted by atomic mass is 19.1. The van der Waals surface area contributed by atoms with Gasteiger partial charge >= 0.3 is 0 Å². The van der Waals surface area contributed by atoms with Gasteiger partial charge in [-0.3, -0.25) is 4.79 Å². The first-order valence-electron chi connectivity index (χ1n) is 7.29. The van der Waals surface area contributed by atoms with Crippen LogP contribution in [0.1, 0.15) is 26.3 Å². The van der Waals surface area contributed by atoms with Crippen LogP contribution in [0.15, 0.2) is 18.2 Å². The summed E-state index contributed by atoms with van der Waals surface area (Å²) in [6, 6.07) is 5.09. The molecule has 116 valence electrons. The molecule has 0 spiro atoms. The van der Waals surface area contributed by atoms with Crippen molar-refractivity contribution in [2.24, 2.45) is 0 Å². The van der Waals surface area contributed by atoms with Gasteiger partial charge < -0.3 is 15.1 Å². The molecule has 1 saturated heterocycles. The third kappa shape index (κ3) is 3.94. The lowest BCUT2D eigenvalue weighted by molar-refractivity contribution is -0.129. The van der Waals surface area contributed by atoms with Gasteiger partial charge in [0.2, 0.25) is 5.91 Å². The fourth-order valence-electron chi connectivity index (χ4n) is 2.37. The standard InChI is InChI=1S/C16H24FN3O/c1-16(2,3)18-10-12-6-5-7-13(17)15(12)20-9-8-19(4)14(21)11-20/h5-7,18H,8-11H2,1-4H3. The predicted octanol–water partition coefficient (Wildman–Crippen LogP) is 1.99. The number of nitrogens with one attached hydrogen (secondary N) is 1. The molecule has 1 fully saturated rings. The maximum absolute atomic E-state index is 14.3. The molecule has 5 heteroatoms. The van der Waals surface area contributed by atoms with E-state index in [9.17, 15) is 9.18 Å². The lowest BCUT2D eigenvalue weighted by atomic mass is 10.1. The van der Waals surface area contributed by atoms with E-state index in [1.807, 2.05) is 11.0 Å². The number of anilines is 1. The fraction of sp³-hybridized carbons (Fsp3) is 0.562. The molecule has 1 heterocycles. The van der Waals surface area contributed by atoms with E-state index >= 15 is 0 Å². The Morgan fingerprint density at radius 3 is 2.62 bits per heavy atom. The molecule has 1 aliphatic heterocycles. The molecule has 21 heavy (non-hydrogen) atoms. The van der Waals surface area contributed by atoms with Gasteiger partial charge in [0.1, 0.15) is 5.82 Å². The zero-order valence-electron chi connectivity index (χ0n) is 13.2. The second-order valence-electron chi connectivity index (χ2n) is 6.59. The van der Waals surface area contributed by atoms with Crippen LogP contribution in [-0.2, 0) is 11.3 Å². The molecular formula is C16H24FN3O. The number of carbonyl (C=O) groups excluding carboxylic acids is 1. The van der Waals surface area contributed by atoms with Crippen molar-refractivity contribution in [3.63, 3.8) is 0 Å². The topological polar surface area (TPSA) is 35.6 Å². The Kier molecular flexibility index (Phi) is 4.52. The number of hydrogen-bond acceptors (Lipinski definition) is 3. The van der Waals surface area contributed by atoms with Crippen LogP contribution in [0.2, 0.25) is 0 Å². The SMILES string of the molecule is CN1CCN(c2c(F)cccc2CNC(C)(C)C)CC1=O. The quantitative estimate of drug-likeness (QED) is 0.926. The van der Waals surface area contributed by atoms with Gasteiger partial charge in [0.25, 0.3) is 0 Å². The van der Waals surface area contributed by atoms with E-state index in [1.54, 1.807) is 18.0 Å². The summed E-state index contributed by atoms with van der Waals surface area (Å²) < 4.78 is 14.3. The summed E-state index contributed by atoms with van der Waals surface area (Å²) in [5.41, 5.74) is 1.40. The molecule has 1 aliphatic rings. The van der Waals surface area contributed by atoms with Gasteiger partial charge in [0.05, 0.1) is 12.2 Å². The van der Waals surface area contributed by atoms with Crippen molar-refractivity contribution in [2.45, 2.75) is 32.9 Å². The zero-order valence-corrected chi connectivity index (χ0v) is 13.2. The van der Waals surface area contributed by atoms with Crippen LogP contribution >= 0.6 is 0 Å². The number of hydrogen-bond donors (Lipinski definition) is 1. The second-order valence-corrected chi connectivity index (χ2v) is 6.59. The Morgan fingerprint density at radius 1 is 1.29 bits per heavy atom. The van der Waals surface area contributed by atoms with E-state index in [-0.39, 0.29) is 23.8 Å². The second kappa shape index (κ2) is 6.02. The van der Waals surface area contributed by atoms with Gasteiger partial charge in [0.15, 0.2) is 0 Å². The minimum absolute atomic E-state index is 0.0271. The summed E-state index contributed by atoms with van der Waals surface area (Å²) in [6.07, 6.45) is 0. The molecule has 2 rings (SSSR count). The molecule has 0 aliphatic carbocycles. The molecule has 0 unspecified atom stereocenters. The van der Waals surface area contributed by atoms with E-state index in [2.05, 4.69) is 26.1 Å². The first kappa shape index (κ1) is 15.8. The van der Waals surface area contributed by atoms with Gasteiger partial charge in [-0.1, -0.05) is 12.1 Å². The maximum atomic E-state index is 14.3. The minimum Gasteiger partial charge on any atom is -0.358 e. The average molecular weight is 293 g/mol. The van der Waals surface area contributed by atoms with Crippen LogP contribution in [0.25, 0.3) is 0 Å². The van der Waals surface area contributed by atoms with E-state index in [0.717, 1.165) is 5.56 Å². The molecule has 0 saturated carbocycles. The van der Waals surface area contributed by atoms with E-state index in [1.165, 1.54) is 6.07 Å². The monoisotopic (exact) mass is 293 g/mol. The van der Waals surface area contributed by atoms with E-state index in [4.69, 9.17) is 0 Å². The van der Waals surface area contributed by atoms with Crippen molar-refractivity contribution < 1.29 is 9.18 Å². The third-order valence-corrected chi connectivity index (χ3v) is 3.65. The van der Waals surface area contributed by atoms with Gasteiger partial charge in [-0.2, -0.15) is 0 Å². The predicted molar refractivity (Wildman–Crippen MR) is 82.8 cm³/mol. The van der Waals surface area contributed by atoms with E-state index in [0.29, 0.717) is 25.3 Å². The van der Waals surface area contributed by atoms with Crippen LogP contribution in [0.5, 0.6) is 0 Å². The van der Waals surface area contributed by atoms with Gasteiger partial charge in [-0.05, 0) is 32.4 Å². The molecule has 4 nitrogen and oxygen atoms in total. The third-order valence-electron chi connectivity index (χ3n) is 3.65. The first-order chi connectivity index (χ1) is 9.78. The van der Waals surface area contributed by atoms with Crippen molar-refractivity contribution in [1.29, 1.82) is 0 Å². The number of rotatable bonds is 3. The van der Waals surface area contributed by atoms with Crippen LogP contribution in [0.3, 0.4) is 0 Å². The molecule has 0 aromatic heterocycles. The summed E-state index contributed by atoms with van der Waals surface area (Å²) >= 11 is 0. The normalized spacial score (nSPS) is 16.5. The molecule has 0 bridgehead atoms. The Morgan fingerprint density at radius 2 is 2.00 bits per heavy atom. The Balaban J connectivity index is 2.23. The van der Waals surface area contributed by atoms with Crippen LogP contribution in [-0.4, -0.2) is 43.0 Å². The molecule has 0 atom stereocenters. The highest BCUT2D eigenvalue weighted by Crippen LogP contribution is 2.26. The highest BCUT2D eigenvalue weighted by Gasteiger charge is 2.25. The fourth-order valence-corrected chi connectivity index (χ4v) is 2.37. The Hall–Kier alpha value is -1.62. The Bertz CT molecular complexity index is 525. The van der Waals surface area contributed by atoms with Crippen LogP contribution in [0, 0.1) is 5.82 Å². The van der Waals surface area contributed by atoms with Gasteiger partial charge in [-0.15, -0.1) is 0 Å². The summed E-state index contributed by atoms with van der Waals surface area (Å²) in [5, 5.41) is 3.38. The smallest absolute Gasteiger partial charge is 0.241 e. The first-order valence-corrected chi connectivity index (χ1v) is 7.29. The van der Waals surface area contributed by atoms with E-state index < -0.39 is 0 Å². The average Bonchev–Trinajstić information content (AvgIpc) is 2.39. The highest BCUT2D eigenvalue weighted by molar-refractivity contribution is 5.83. The van der Waals surface area contributed by atoms with Crippen molar-refractivity contribution in [2.75, 3.05) is 31.6 Å². The largest absolute Gasteiger partial charge is 0.358 e. The minimum atomic E-state index is -0.263. The summed E-state index contributed by atoms with van der Waals surface area (Å²) in [4.78, 5) is 15.4. The molecule has 1 N–H and O–H groups in total. The zero-order chi connectivity index (χ0) is 15.6. The van der Waals surface area contributed by atoms with Crippen LogP contribution in [0.4, 0.5) is 10.1 Å². The summed E-state index contributed by atoms with van der Waals surface area (Å²) in [5.74, 6) is -0.236. The number of benzene rings is 1. The van der Waals surface area contributed by atoms with Crippen molar-refractivity contribution in [3.8, 4) is 0 Å². The summed E-state index contributed by atoms with van der Waals surface area (Å²) in [7, 11) is 1.78. The maximum Gasteiger partial charge on any atom is 0.241 e. The number of carbonyl (C=O) groups is 1. The molecule has 1 aromatic carbocycles. The van der Waals surface area contributed by atoms with Crippen molar-refractivity contribution >= 4 is 11.6 Å². The number of nitrogens with zero attached hydrogens (tertiary/aromatic N) is 2. The van der Waals surface area contributed by atoms with Gasteiger partial charge in [0, 0.05) is 32.2 Å². The molecular weight excluding hydrogens is 269 g/mol. The molecule has 0 radical (unpaired) electrons. The van der Waals surface area contributed by atoms with Crippen LogP contribution < -0.4 is 10.2 Å². The lowest BCUT2D eigenvalue weighted by Gasteiger charge is -2.35. The number of halogens is 1. The summed E-state index contributed by atoms with van der Waals surface area (Å²) in [6.45, 7) is 8.32. The number of likely N-dealkylation sites (N-methyl/N-ethyl adjacent to an activating group) is 1.